The van der Waals surface area contributed by atoms with Crippen LogP contribution in [0.15, 0.2) is 60.8 Å². The minimum absolute atomic E-state index is 0.427. The molecule has 0 unspecified atom stereocenters. The van der Waals surface area contributed by atoms with Gasteiger partial charge in [-0.3, -0.25) is 4.98 Å². The molecule has 26 heavy (non-hydrogen) atoms. The van der Waals surface area contributed by atoms with E-state index >= 15 is 0 Å². The maximum Gasteiger partial charge on any atom is 0.171 e. The quantitative estimate of drug-likeness (QED) is 0.491. The van der Waals surface area contributed by atoms with E-state index in [1.807, 2.05) is 36.4 Å². The molecule has 0 aliphatic carbocycles. The number of halogens is 3. The number of hydrogen-bond donors (Lipinski definition) is 2. The number of pyridine rings is 1. The summed E-state index contributed by atoms with van der Waals surface area (Å²) in [6, 6.07) is 16.8. The standard InChI is InChI=1S/C19H14Cl3N3S/c20-14-7-2-1-6-13(14)18-12(5-4-10-23-18)11-24-19(26)25-16-9-3-8-15(21)17(16)22/h1-10H,11H2,(H2,24,25,26). The van der Waals surface area contributed by atoms with Crippen molar-refractivity contribution < 1.29 is 0 Å². The van der Waals surface area contributed by atoms with E-state index in [0.717, 1.165) is 16.8 Å². The van der Waals surface area contributed by atoms with E-state index in [1.54, 1.807) is 24.4 Å². The van der Waals surface area contributed by atoms with Crippen LogP contribution in [0.2, 0.25) is 15.1 Å². The van der Waals surface area contributed by atoms with Gasteiger partial charge in [-0.15, -0.1) is 0 Å². The van der Waals surface area contributed by atoms with Crippen molar-refractivity contribution in [3.63, 3.8) is 0 Å². The molecule has 0 bridgehead atoms. The van der Waals surface area contributed by atoms with Crippen LogP contribution >= 0.6 is 47.0 Å². The number of anilines is 1. The van der Waals surface area contributed by atoms with Gasteiger partial charge in [0.2, 0.25) is 0 Å². The van der Waals surface area contributed by atoms with Gasteiger partial charge in [0.1, 0.15) is 0 Å². The van der Waals surface area contributed by atoms with Crippen LogP contribution in [-0.2, 0) is 6.54 Å². The molecular formula is C19H14Cl3N3S. The Labute approximate surface area is 172 Å². The molecule has 0 aliphatic heterocycles. The van der Waals surface area contributed by atoms with Gasteiger partial charge in [0, 0.05) is 23.3 Å². The Balaban J connectivity index is 1.73. The van der Waals surface area contributed by atoms with E-state index < -0.39 is 0 Å². The van der Waals surface area contributed by atoms with Crippen LogP contribution in [0.25, 0.3) is 11.3 Å². The van der Waals surface area contributed by atoms with Crippen LogP contribution in [0.1, 0.15) is 5.56 Å². The summed E-state index contributed by atoms with van der Waals surface area (Å²) in [5.41, 5.74) is 3.31. The van der Waals surface area contributed by atoms with Crippen molar-refractivity contribution in [2.24, 2.45) is 0 Å². The lowest BCUT2D eigenvalue weighted by Crippen LogP contribution is -2.28. The number of rotatable bonds is 4. The molecule has 1 aromatic heterocycles. The number of benzene rings is 2. The van der Waals surface area contributed by atoms with Crippen LogP contribution in [0.3, 0.4) is 0 Å². The third kappa shape index (κ3) is 4.46. The van der Waals surface area contributed by atoms with Crippen LogP contribution in [-0.4, -0.2) is 10.1 Å². The first-order valence-electron chi connectivity index (χ1n) is 7.74. The minimum Gasteiger partial charge on any atom is -0.358 e. The van der Waals surface area contributed by atoms with Crippen molar-refractivity contribution in [1.82, 2.24) is 10.3 Å². The van der Waals surface area contributed by atoms with Gasteiger partial charge >= 0.3 is 0 Å². The first-order valence-corrected chi connectivity index (χ1v) is 9.28. The highest BCUT2D eigenvalue weighted by atomic mass is 35.5. The van der Waals surface area contributed by atoms with Crippen molar-refractivity contribution in [2.45, 2.75) is 6.54 Å². The smallest absolute Gasteiger partial charge is 0.171 e. The van der Waals surface area contributed by atoms with E-state index in [-0.39, 0.29) is 0 Å². The van der Waals surface area contributed by atoms with Crippen molar-refractivity contribution in [2.75, 3.05) is 5.32 Å². The second-order valence-corrected chi connectivity index (χ2v) is 7.00. The fourth-order valence-electron chi connectivity index (χ4n) is 2.42. The van der Waals surface area contributed by atoms with Crippen LogP contribution in [0.5, 0.6) is 0 Å². The van der Waals surface area contributed by atoms with Crippen LogP contribution in [0.4, 0.5) is 5.69 Å². The molecule has 0 spiro atoms. The third-order valence-corrected chi connectivity index (χ3v) is 5.05. The summed E-state index contributed by atoms with van der Waals surface area (Å²) in [5.74, 6) is 0. The van der Waals surface area contributed by atoms with Gasteiger partial charge in [-0.1, -0.05) is 65.1 Å². The lowest BCUT2D eigenvalue weighted by molar-refractivity contribution is 0.919. The third-order valence-electron chi connectivity index (χ3n) is 3.66. The lowest BCUT2D eigenvalue weighted by atomic mass is 10.1. The Hall–Kier alpha value is -1.85. The molecule has 0 amide bonds. The zero-order valence-corrected chi connectivity index (χ0v) is 16.6. The number of aromatic nitrogens is 1. The molecule has 132 valence electrons. The predicted molar refractivity (Wildman–Crippen MR) is 114 cm³/mol. The van der Waals surface area contributed by atoms with Crippen molar-refractivity contribution in [3.05, 3.63) is 81.4 Å². The normalized spacial score (nSPS) is 10.4. The molecular weight excluding hydrogens is 409 g/mol. The first kappa shape index (κ1) is 18.9. The van der Waals surface area contributed by atoms with E-state index in [1.165, 1.54) is 0 Å². The van der Waals surface area contributed by atoms with Gasteiger partial charge in [-0.2, -0.15) is 0 Å². The van der Waals surface area contributed by atoms with Crippen LogP contribution in [0, 0.1) is 0 Å². The first-order chi connectivity index (χ1) is 12.6. The molecule has 3 rings (SSSR count). The fraction of sp³-hybridized carbons (Fsp3) is 0.0526. The maximum atomic E-state index is 6.31. The largest absolute Gasteiger partial charge is 0.358 e. The Morgan fingerprint density at radius 1 is 0.923 bits per heavy atom. The average Bonchev–Trinajstić information content (AvgIpc) is 2.65. The van der Waals surface area contributed by atoms with Gasteiger partial charge in [0.05, 0.1) is 21.4 Å². The van der Waals surface area contributed by atoms with E-state index in [9.17, 15) is 0 Å². The zero-order valence-electron chi connectivity index (χ0n) is 13.5. The number of nitrogens with one attached hydrogen (secondary N) is 2. The molecule has 2 N–H and O–H groups in total. The predicted octanol–water partition coefficient (Wildman–Crippen LogP) is 6.20. The van der Waals surface area contributed by atoms with Crippen LogP contribution < -0.4 is 10.6 Å². The van der Waals surface area contributed by atoms with E-state index in [0.29, 0.717) is 32.4 Å². The summed E-state index contributed by atoms with van der Waals surface area (Å²) in [7, 11) is 0. The van der Waals surface area contributed by atoms with Gasteiger partial charge in [0.25, 0.3) is 0 Å². The second kappa shape index (κ2) is 8.69. The van der Waals surface area contributed by atoms with Gasteiger partial charge in [-0.05, 0) is 42.0 Å². The monoisotopic (exact) mass is 421 g/mol. The summed E-state index contributed by atoms with van der Waals surface area (Å²) in [4.78, 5) is 4.47. The molecule has 3 nitrogen and oxygen atoms in total. The highest BCUT2D eigenvalue weighted by Crippen LogP contribution is 2.30. The molecule has 0 atom stereocenters. The summed E-state index contributed by atoms with van der Waals surface area (Å²) in [5, 5.41) is 8.19. The molecule has 0 saturated heterocycles. The number of thiocarbonyl (C=S) groups is 1. The molecule has 1 heterocycles. The second-order valence-electron chi connectivity index (χ2n) is 5.40. The Bertz CT molecular complexity index is 947. The van der Waals surface area contributed by atoms with Crippen molar-refractivity contribution in [1.29, 1.82) is 0 Å². The molecule has 2 aromatic carbocycles. The van der Waals surface area contributed by atoms with E-state index in [2.05, 4.69) is 15.6 Å². The van der Waals surface area contributed by atoms with Gasteiger partial charge in [0.15, 0.2) is 5.11 Å². The number of hydrogen-bond acceptors (Lipinski definition) is 2. The topological polar surface area (TPSA) is 37.0 Å². The molecule has 0 radical (unpaired) electrons. The molecule has 0 saturated carbocycles. The average molecular weight is 423 g/mol. The summed E-state index contributed by atoms with van der Waals surface area (Å²) >= 11 is 23.8. The zero-order chi connectivity index (χ0) is 18.5. The fourth-order valence-corrected chi connectivity index (χ4v) is 3.17. The Morgan fingerprint density at radius 2 is 1.69 bits per heavy atom. The Morgan fingerprint density at radius 3 is 2.50 bits per heavy atom. The van der Waals surface area contributed by atoms with Gasteiger partial charge in [-0.25, -0.2) is 0 Å². The SMILES string of the molecule is S=C(NCc1cccnc1-c1ccccc1Cl)Nc1cccc(Cl)c1Cl. The van der Waals surface area contributed by atoms with Crippen molar-refractivity contribution in [3.8, 4) is 11.3 Å². The molecule has 7 heteroatoms. The summed E-state index contributed by atoms with van der Waals surface area (Å²) in [6.45, 7) is 0.485. The Kier molecular flexibility index (Phi) is 6.33. The summed E-state index contributed by atoms with van der Waals surface area (Å²) in [6.07, 6.45) is 1.74. The highest BCUT2D eigenvalue weighted by Gasteiger charge is 2.10. The molecule has 3 aromatic rings. The number of nitrogens with zero attached hydrogens (tertiary/aromatic N) is 1. The summed E-state index contributed by atoms with van der Waals surface area (Å²) < 4.78 is 0. The van der Waals surface area contributed by atoms with Gasteiger partial charge < -0.3 is 10.6 Å². The highest BCUT2D eigenvalue weighted by molar-refractivity contribution is 7.80. The molecule has 0 aliphatic rings. The lowest BCUT2D eigenvalue weighted by Gasteiger charge is -2.14. The molecule has 0 fully saturated rings. The minimum atomic E-state index is 0.427. The van der Waals surface area contributed by atoms with Crippen molar-refractivity contribution >= 4 is 57.8 Å². The van der Waals surface area contributed by atoms with E-state index in [4.69, 9.17) is 47.0 Å². The maximum absolute atomic E-state index is 6.31.